The van der Waals surface area contributed by atoms with E-state index in [2.05, 4.69) is 20.9 Å². The molecule has 0 aliphatic carbocycles. The maximum absolute atomic E-state index is 12.9. The Hall–Kier alpha value is -3.46. The van der Waals surface area contributed by atoms with Crippen LogP contribution in [0.15, 0.2) is 4.99 Å². The number of carboxylic acids is 2. The molecule has 3 unspecified atom stereocenters. The van der Waals surface area contributed by atoms with E-state index in [-0.39, 0.29) is 25.3 Å². The average Bonchev–Trinajstić information content (AvgIpc) is 2.76. The molecule has 0 aliphatic heterocycles. The van der Waals surface area contributed by atoms with Gasteiger partial charge >= 0.3 is 11.9 Å². The quantitative estimate of drug-likeness (QED) is 0.0519. The molecule has 0 fully saturated rings. The van der Waals surface area contributed by atoms with Gasteiger partial charge in [0.2, 0.25) is 17.7 Å². The molecule has 0 aromatic rings. The number of unbranched alkanes of at least 4 members (excludes halogenated alkanes) is 1. The van der Waals surface area contributed by atoms with Gasteiger partial charge in [0.05, 0.1) is 6.04 Å². The van der Waals surface area contributed by atoms with Crippen LogP contribution in [0.2, 0.25) is 0 Å². The van der Waals surface area contributed by atoms with E-state index < -0.39 is 60.8 Å². The van der Waals surface area contributed by atoms with E-state index in [1.165, 1.54) is 0 Å². The van der Waals surface area contributed by atoms with E-state index in [9.17, 15) is 24.0 Å². The molecular weight excluding hydrogens is 452 g/mol. The number of hydrogen-bond donors (Lipinski definition) is 9. The van der Waals surface area contributed by atoms with E-state index in [0.717, 1.165) is 0 Å². The van der Waals surface area contributed by atoms with Crippen LogP contribution < -0.4 is 38.9 Å². The summed E-state index contributed by atoms with van der Waals surface area (Å²) in [5.74, 6) is -4.90. The highest BCUT2D eigenvalue weighted by Crippen LogP contribution is 2.05. The van der Waals surface area contributed by atoms with Crippen LogP contribution in [0.3, 0.4) is 0 Å². The Balaban J connectivity index is 5.36. The normalized spacial score (nSPS) is 13.1. The van der Waals surface area contributed by atoms with Crippen LogP contribution in [0.4, 0.5) is 0 Å². The fourth-order valence-corrected chi connectivity index (χ4v) is 2.79. The minimum Gasteiger partial charge on any atom is -0.481 e. The summed E-state index contributed by atoms with van der Waals surface area (Å²) in [5.41, 5.74) is 21.8. The first kappa shape index (κ1) is 30.5. The SMILES string of the molecule is NCCCCC(N)C(=O)NC(CCCN=C(N)N)C(=O)NC(CCC(=O)O)C(=O)NCC(=O)O. The Kier molecular flexibility index (Phi) is 15.3. The number of hydrogen-bond acceptors (Lipinski definition) is 8. The molecule has 15 heteroatoms. The molecule has 0 aromatic heterocycles. The average molecular weight is 489 g/mol. The number of carboxylic acid groups (broad SMARTS) is 2. The minimum atomic E-state index is -1.33. The lowest BCUT2D eigenvalue weighted by Gasteiger charge is -2.24. The molecule has 0 spiro atoms. The minimum absolute atomic E-state index is 0.0896. The second-order valence-electron chi connectivity index (χ2n) is 7.51. The first-order valence-corrected chi connectivity index (χ1v) is 10.8. The van der Waals surface area contributed by atoms with Crippen LogP contribution in [0.1, 0.15) is 44.9 Å². The lowest BCUT2D eigenvalue weighted by Crippen LogP contribution is -2.56. The predicted octanol–water partition coefficient (Wildman–Crippen LogP) is -3.47. The number of carbonyl (C=O) groups is 5. The van der Waals surface area contributed by atoms with Gasteiger partial charge < -0.3 is 49.1 Å². The van der Waals surface area contributed by atoms with Crippen LogP contribution in [0.25, 0.3) is 0 Å². The first-order chi connectivity index (χ1) is 16.0. The van der Waals surface area contributed by atoms with Crippen LogP contribution in [0, 0.1) is 0 Å². The first-order valence-electron chi connectivity index (χ1n) is 10.8. The number of aliphatic imine (C=N–C) groups is 1. The molecule has 3 atom stereocenters. The standard InChI is InChI=1S/C19H36N8O7/c20-8-2-1-4-11(21)16(32)26-12(5-3-9-24-19(22)23)18(34)27-13(6-7-14(28)29)17(33)25-10-15(30)31/h11-13H,1-10,20-21H2,(H,25,33)(H,26,32)(H,27,34)(H,28,29)(H,30,31)(H4,22,23,24). The summed E-state index contributed by atoms with van der Waals surface area (Å²) in [5, 5.41) is 24.6. The molecule has 13 N–H and O–H groups in total. The third-order valence-corrected chi connectivity index (χ3v) is 4.58. The van der Waals surface area contributed by atoms with E-state index in [0.29, 0.717) is 32.2 Å². The van der Waals surface area contributed by atoms with Crippen LogP contribution in [-0.4, -0.2) is 83.6 Å². The van der Waals surface area contributed by atoms with Crippen molar-refractivity contribution >= 4 is 35.6 Å². The van der Waals surface area contributed by atoms with Crippen molar-refractivity contribution in [3.63, 3.8) is 0 Å². The van der Waals surface area contributed by atoms with Crippen molar-refractivity contribution in [3.05, 3.63) is 0 Å². The highest BCUT2D eigenvalue weighted by molar-refractivity contribution is 5.93. The zero-order valence-corrected chi connectivity index (χ0v) is 19.0. The van der Waals surface area contributed by atoms with Gasteiger partial charge in [-0.3, -0.25) is 29.0 Å². The van der Waals surface area contributed by atoms with Gasteiger partial charge in [-0.25, -0.2) is 0 Å². The summed E-state index contributed by atoms with van der Waals surface area (Å²) < 4.78 is 0. The molecule has 0 bridgehead atoms. The topological polar surface area (TPSA) is 278 Å². The van der Waals surface area contributed by atoms with Gasteiger partial charge in [-0.1, -0.05) is 6.42 Å². The number of rotatable bonds is 18. The van der Waals surface area contributed by atoms with Crippen molar-refractivity contribution in [2.75, 3.05) is 19.6 Å². The smallest absolute Gasteiger partial charge is 0.322 e. The fraction of sp³-hybridized carbons (Fsp3) is 0.684. The third-order valence-electron chi connectivity index (χ3n) is 4.58. The van der Waals surface area contributed by atoms with Crippen molar-refractivity contribution in [2.45, 2.75) is 63.1 Å². The molecule has 0 rings (SSSR count). The summed E-state index contributed by atoms with van der Waals surface area (Å²) in [7, 11) is 0. The number of nitrogens with zero attached hydrogens (tertiary/aromatic N) is 1. The fourth-order valence-electron chi connectivity index (χ4n) is 2.79. The summed E-state index contributed by atoms with van der Waals surface area (Å²) >= 11 is 0. The van der Waals surface area contributed by atoms with Gasteiger partial charge in [-0.05, 0) is 38.6 Å². The van der Waals surface area contributed by atoms with Gasteiger partial charge in [-0.15, -0.1) is 0 Å². The van der Waals surface area contributed by atoms with E-state index in [4.69, 9.17) is 33.1 Å². The van der Waals surface area contributed by atoms with Crippen molar-refractivity contribution < 1.29 is 34.2 Å². The lowest BCUT2D eigenvalue weighted by molar-refractivity contribution is -0.140. The van der Waals surface area contributed by atoms with E-state index in [1.54, 1.807) is 0 Å². The maximum atomic E-state index is 12.9. The number of guanidine groups is 1. The molecule has 0 radical (unpaired) electrons. The van der Waals surface area contributed by atoms with E-state index >= 15 is 0 Å². The van der Waals surface area contributed by atoms with Gasteiger partial charge in [0.25, 0.3) is 0 Å². The van der Waals surface area contributed by atoms with Gasteiger partial charge in [0.1, 0.15) is 18.6 Å². The lowest BCUT2D eigenvalue weighted by atomic mass is 10.1. The number of amides is 3. The van der Waals surface area contributed by atoms with Gasteiger partial charge in [-0.2, -0.15) is 0 Å². The van der Waals surface area contributed by atoms with E-state index in [1.807, 2.05) is 0 Å². The second-order valence-corrected chi connectivity index (χ2v) is 7.51. The Labute approximate surface area is 197 Å². The number of carbonyl (C=O) groups excluding carboxylic acids is 3. The van der Waals surface area contributed by atoms with Crippen molar-refractivity contribution in [1.82, 2.24) is 16.0 Å². The molecule has 0 saturated carbocycles. The molecule has 194 valence electrons. The van der Waals surface area contributed by atoms with Gasteiger partial charge in [0, 0.05) is 13.0 Å². The molecular formula is C19H36N8O7. The molecule has 3 amide bonds. The highest BCUT2D eigenvalue weighted by atomic mass is 16.4. The zero-order valence-electron chi connectivity index (χ0n) is 19.0. The molecule has 0 aromatic carbocycles. The molecule has 34 heavy (non-hydrogen) atoms. The Morgan fingerprint density at radius 3 is 1.97 bits per heavy atom. The molecule has 0 heterocycles. The monoisotopic (exact) mass is 488 g/mol. The third kappa shape index (κ3) is 14.6. The van der Waals surface area contributed by atoms with Crippen LogP contribution in [0.5, 0.6) is 0 Å². The number of nitrogens with two attached hydrogens (primary N) is 4. The van der Waals surface area contributed by atoms with Crippen molar-refractivity contribution in [2.24, 2.45) is 27.9 Å². The van der Waals surface area contributed by atoms with Crippen molar-refractivity contribution in [1.29, 1.82) is 0 Å². The summed E-state index contributed by atoms with van der Waals surface area (Å²) in [6.45, 7) is -0.0908. The highest BCUT2D eigenvalue weighted by Gasteiger charge is 2.28. The summed E-state index contributed by atoms with van der Waals surface area (Å²) in [4.78, 5) is 63.1. The second kappa shape index (κ2) is 17.1. The van der Waals surface area contributed by atoms with Crippen LogP contribution in [-0.2, 0) is 24.0 Å². The zero-order chi connectivity index (χ0) is 26.1. The van der Waals surface area contributed by atoms with Crippen molar-refractivity contribution in [3.8, 4) is 0 Å². The largest absolute Gasteiger partial charge is 0.481 e. The summed E-state index contributed by atoms with van der Waals surface area (Å²) in [6.07, 6.45) is 1.28. The number of aliphatic carboxylic acids is 2. The Bertz CT molecular complexity index is 727. The molecule has 15 nitrogen and oxygen atoms in total. The molecule has 0 saturated heterocycles. The van der Waals surface area contributed by atoms with Gasteiger partial charge in [0.15, 0.2) is 5.96 Å². The summed E-state index contributed by atoms with van der Waals surface area (Å²) in [6, 6.07) is -3.35. The molecule has 0 aliphatic rings. The Morgan fingerprint density at radius 2 is 1.41 bits per heavy atom. The Morgan fingerprint density at radius 1 is 0.794 bits per heavy atom. The predicted molar refractivity (Wildman–Crippen MR) is 122 cm³/mol. The maximum Gasteiger partial charge on any atom is 0.322 e. The number of nitrogens with one attached hydrogen (secondary N) is 3. The van der Waals surface area contributed by atoms with Crippen LogP contribution >= 0.6 is 0 Å².